The van der Waals surface area contributed by atoms with Gasteiger partial charge in [-0.05, 0) is 36.1 Å². The van der Waals surface area contributed by atoms with Crippen molar-refractivity contribution in [1.29, 1.82) is 0 Å². The molecule has 23 heavy (non-hydrogen) atoms. The summed E-state index contributed by atoms with van der Waals surface area (Å²) in [7, 11) is 0. The van der Waals surface area contributed by atoms with Gasteiger partial charge in [-0.2, -0.15) is 0 Å². The van der Waals surface area contributed by atoms with E-state index in [9.17, 15) is 18.4 Å². The van der Waals surface area contributed by atoms with E-state index in [0.717, 1.165) is 6.07 Å². The molecule has 1 atom stereocenters. The number of aryl methyl sites for hydroxylation is 1. The number of halogens is 2. The molecule has 0 saturated heterocycles. The maximum Gasteiger partial charge on any atom is 0.181 e. The third-order valence-corrected chi connectivity index (χ3v) is 4.18. The Kier molecular flexibility index (Phi) is 4.28. The van der Waals surface area contributed by atoms with Gasteiger partial charge in [0.25, 0.3) is 0 Å². The normalized spacial score (nSPS) is 17.0. The number of pyridine rings is 1. The minimum atomic E-state index is -0.640. The van der Waals surface area contributed by atoms with E-state index < -0.39 is 11.6 Å². The van der Waals surface area contributed by atoms with E-state index in [1.807, 2.05) is 0 Å². The lowest BCUT2D eigenvalue weighted by molar-refractivity contribution is -0.120. The van der Waals surface area contributed by atoms with Gasteiger partial charge in [0.2, 0.25) is 0 Å². The smallest absolute Gasteiger partial charge is 0.181 e. The summed E-state index contributed by atoms with van der Waals surface area (Å²) in [4.78, 5) is 28.4. The molecule has 0 N–H and O–H groups in total. The first-order chi connectivity index (χ1) is 11.1. The number of rotatable bonds is 4. The van der Waals surface area contributed by atoms with Crippen molar-refractivity contribution in [3.05, 3.63) is 65.0 Å². The van der Waals surface area contributed by atoms with Crippen molar-refractivity contribution in [2.45, 2.75) is 31.6 Å². The van der Waals surface area contributed by atoms with Crippen LogP contribution in [0, 0.1) is 11.6 Å². The Balaban J connectivity index is 1.74. The predicted octanol–water partition coefficient (Wildman–Crippen LogP) is 3.62. The molecular weight excluding hydrogens is 300 g/mol. The molecule has 1 heterocycles. The summed E-state index contributed by atoms with van der Waals surface area (Å²) in [6.07, 6.45) is 2.66. The first-order valence-electron chi connectivity index (χ1n) is 7.51. The average Bonchev–Trinajstić information content (AvgIpc) is 2.54. The highest BCUT2D eigenvalue weighted by Crippen LogP contribution is 2.32. The van der Waals surface area contributed by atoms with Crippen molar-refractivity contribution < 1.29 is 18.4 Å². The number of carbonyl (C=O) groups excluding carboxylic acids is 2. The van der Waals surface area contributed by atoms with Crippen LogP contribution in [0.25, 0.3) is 0 Å². The number of ketones is 2. The lowest BCUT2D eigenvalue weighted by Gasteiger charge is -2.22. The molecular formula is C18H15F2NO2. The van der Waals surface area contributed by atoms with Gasteiger partial charge in [0.15, 0.2) is 5.78 Å². The highest BCUT2D eigenvalue weighted by molar-refractivity contribution is 6.00. The molecule has 1 aromatic heterocycles. The van der Waals surface area contributed by atoms with E-state index in [2.05, 4.69) is 4.98 Å². The molecule has 2 aromatic rings. The molecule has 1 unspecified atom stereocenters. The minimum Gasteiger partial charge on any atom is -0.299 e. The number of carbonyl (C=O) groups is 2. The number of hydrogen-bond acceptors (Lipinski definition) is 3. The first kappa shape index (κ1) is 15.5. The summed E-state index contributed by atoms with van der Waals surface area (Å²) in [5.41, 5.74) is 1.34. The van der Waals surface area contributed by atoms with Crippen LogP contribution in [-0.4, -0.2) is 16.6 Å². The van der Waals surface area contributed by atoms with Crippen LogP contribution < -0.4 is 0 Å². The summed E-state index contributed by atoms with van der Waals surface area (Å²) in [6.45, 7) is 0. The summed E-state index contributed by atoms with van der Waals surface area (Å²) < 4.78 is 26.5. The summed E-state index contributed by atoms with van der Waals surface area (Å²) in [5, 5.41) is 0. The van der Waals surface area contributed by atoms with Crippen LogP contribution in [0.5, 0.6) is 0 Å². The van der Waals surface area contributed by atoms with Gasteiger partial charge in [-0.15, -0.1) is 0 Å². The second kappa shape index (κ2) is 6.36. The lowest BCUT2D eigenvalue weighted by Crippen LogP contribution is -2.23. The fraction of sp³-hybridized carbons (Fsp3) is 0.278. The topological polar surface area (TPSA) is 47.0 Å². The summed E-state index contributed by atoms with van der Waals surface area (Å²) in [6, 6.07) is 6.81. The molecule has 0 saturated carbocycles. The molecule has 0 aliphatic heterocycles. The number of Topliss-reactive ketones (excluding diaryl/α,β-unsaturated/α-hetero) is 2. The number of aromatic nitrogens is 1. The van der Waals surface area contributed by atoms with Gasteiger partial charge in [0.1, 0.15) is 23.1 Å². The van der Waals surface area contributed by atoms with Gasteiger partial charge >= 0.3 is 0 Å². The molecule has 0 amide bonds. The van der Waals surface area contributed by atoms with Crippen molar-refractivity contribution in [2.24, 2.45) is 0 Å². The van der Waals surface area contributed by atoms with Crippen LogP contribution in [0.2, 0.25) is 0 Å². The number of hydrogen-bond donors (Lipinski definition) is 0. The van der Waals surface area contributed by atoms with Crippen LogP contribution in [0.15, 0.2) is 36.5 Å². The second-order valence-corrected chi connectivity index (χ2v) is 5.66. The minimum absolute atomic E-state index is 0.0459. The van der Waals surface area contributed by atoms with E-state index in [4.69, 9.17) is 0 Å². The third kappa shape index (κ3) is 3.18. The third-order valence-electron chi connectivity index (χ3n) is 4.18. The average molecular weight is 315 g/mol. The molecule has 3 rings (SSSR count). The van der Waals surface area contributed by atoms with Gasteiger partial charge in [-0.1, -0.05) is 12.1 Å². The van der Waals surface area contributed by atoms with Gasteiger partial charge in [-0.25, -0.2) is 8.78 Å². The van der Waals surface area contributed by atoms with Crippen LogP contribution in [-0.2, 0) is 11.2 Å². The molecule has 1 aliphatic carbocycles. The summed E-state index contributed by atoms with van der Waals surface area (Å²) >= 11 is 0. The lowest BCUT2D eigenvalue weighted by atomic mass is 9.81. The SMILES string of the molecule is O=C1CCC(C(=O)CCc2ccc(F)cc2F)c2cccnc21. The zero-order valence-electron chi connectivity index (χ0n) is 12.4. The Bertz CT molecular complexity index is 773. The van der Waals surface area contributed by atoms with Crippen LogP contribution in [0.1, 0.15) is 46.8 Å². The highest BCUT2D eigenvalue weighted by atomic mass is 19.1. The Hall–Kier alpha value is -2.43. The maximum absolute atomic E-state index is 13.6. The zero-order chi connectivity index (χ0) is 16.4. The second-order valence-electron chi connectivity index (χ2n) is 5.66. The van der Waals surface area contributed by atoms with Crippen molar-refractivity contribution in [1.82, 2.24) is 4.98 Å². The van der Waals surface area contributed by atoms with Crippen LogP contribution >= 0.6 is 0 Å². The largest absolute Gasteiger partial charge is 0.299 e. The van der Waals surface area contributed by atoms with Gasteiger partial charge < -0.3 is 0 Å². The molecule has 0 radical (unpaired) electrons. The van der Waals surface area contributed by atoms with E-state index in [0.29, 0.717) is 29.7 Å². The van der Waals surface area contributed by atoms with E-state index in [1.165, 1.54) is 18.3 Å². The van der Waals surface area contributed by atoms with Gasteiger partial charge in [0, 0.05) is 31.0 Å². The van der Waals surface area contributed by atoms with Crippen molar-refractivity contribution in [2.75, 3.05) is 0 Å². The molecule has 1 aliphatic rings. The summed E-state index contributed by atoms with van der Waals surface area (Å²) in [5.74, 6) is -1.74. The van der Waals surface area contributed by atoms with Crippen molar-refractivity contribution >= 4 is 11.6 Å². The Labute approximate surface area is 132 Å². The number of fused-ring (bicyclic) bond motifs is 1. The molecule has 3 nitrogen and oxygen atoms in total. The molecule has 5 heteroatoms. The molecule has 1 aromatic carbocycles. The van der Waals surface area contributed by atoms with E-state index >= 15 is 0 Å². The fourth-order valence-corrected chi connectivity index (χ4v) is 2.97. The molecule has 0 fully saturated rings. The van der Waals surface area contributed by atoms with Crippen molar-refractivity contribution in [3.63, 3.8) is 0 Å². The van der Waals surface area contributed by atoms with E-state index in [-0.39, 0.29) is 30.3 Å². The Morgan fingerprint density at radius 1 is 1.26 bits per heavy atom. The number of benzene rings is 1. The van der Waals surface area contributed by atoms with Crippen molar-refractivity contribution in [3.8, 4) is 0 Å². The van der Waals surface area contributed by atoms with E-state index in [1.54, 1.807) is 12.1 Å². The fourth-order valence-electron chi connectivity index (χ4n) is 2.97. The predicted molar refractivity (Wildman–Crippen MR) is 80.2 cm³/mol. The molecule has 0 bridgehead atoms. The van der Waals surface area contributed by atoms with Crippen LogP contribution in [0.4, 0.5) is 8.78 Å². The molecule has 0 spiro atoms. The maximum atomic E-state index is 13.6. The van der Waals surface area contributed by atoms with Gasteiger partial charge in [0.05, 0.1) is 0 Å². The van der Waals surface area contributed by atoms with Gasteiger partial charge in [-0.3, -0.25) is 14.6 Å². The van der Waals surface area contributed by atoms with Crippen LogP contribution in [0.3, 0.4) is 0 Å². The first-order valence-corrected chi connectivity index (χ1v) is 7.51. The zero-order valence-corrected chi connectivity index (χ0v) is 12.4. The quantitative estimate of drug-likeness (QED) is 0.865. The number of nitrogens with zero attached hydrogens (tertiary/aromatic N) is 1. The highest BCUT2D eigenvalue weighted by Gasteiger charge is 2.30. The Morgan fingerprint density at radius 2 is 2.09 bits per heavy atom. The standard InChI is InChI=1S/C18H15F2NO2/c19-12-5-3-11(15(20)10-12)4-7-16(22)13-6-8-17(23)18-14(13)2-1-9-21-18/h1-3,5,9-10,13H,4,6-8H2. The molecule has 118 valence electrons. The Morgan fingerprint density at radius 3 is 2.87 bits per heavy atom. The monoisotopic (exact) mass is 315 g/mol.